The number of phenols is 2. The number of aromatic nitrogens is 1. The summed E-state index contributed by atoms with van der Waals surface area (Å²) in [6, 6.07) is 13.3. The molecule has 0 saturated carbocycles. The predicted molar refractivity (Wildman–Crippen MR) is 100 cm³/mol. The highest BCUT2D eigenvalue weighted by Crippen LogP contribution is 2.28. The van der Waals surface area contributed by atoms with Crippen LogP contribution >= 0.6 is 0 Å². The molecule has 136 valence electrons. The van der Waals surface area contributed by atoms with Gasteiger partial charge in [-0.3, -0.25) is 4.79 Å². The second kappa shape index (κ2) is 7.59. The third kappa shape index (κ3) is 4.04. The van der Waals surface area contributed by atoms with Crippen molar-refractivity contribution in [1.82, 2.24) is 10.3 Å². The molecule has 6 heteroatoms. The molecule has 0 radical (unpaired) electrons. The molecule has 6 nitrogen and oxygen atoms in total. The Hall–Kier alpha value is -2.83. The maximum Gasteiger partial charge on any atom is 0.248 e. The van der Waals surface area contributed by atoms with E-state index in [1.165, 1.54) is 12.1 Å². The minimum absolute atomic E-state index is 0.0256. The Balaban J connectivity index is 1.69. The van der Waals surface area contributed by atoms with Gasteiger partial charge in [-0.2, -0.15) is 0 Å². The van der Waals surface area contributed by atoms with E-state index < -0.39 is 6.10 Å². The summed E-state index contributed by atoms with van der Waals surface area (Å²) in [7, 11) is 0. The molecule has 0 spiro atoms. The molecule has 5 N–H and O–H groups in total. The van der Waals surface area contributed by atoms with Gasteiger partial charge in [0.25, 0.3) is 0 Å². The molecule has 2 atom stereocenters. The molecule has 0 aliphatic rings. The van der Waals surface area contributed by atoms with Crippen LogP contribution in [0, 0.1) is 0 Å². The van der Waals surface area contributed by atoms with Crippen LogP contribution in [0.3, 0.4) is 0 Å². The van der Waals surface area contributed by atoms with Crippen molar-refractivity contribution in [2.75, 3.05) is 6.54 Å². The average Bonchev–Trinajstić information content (AvgIpc) is 2.62. The van der Waals surface area contributed by atoms with Crippen molar-refractivity contribution < 1.29 is 15.3 Å². The van der Waals surface area contributed by atoms with E-state index in [1.807, 2.05) is 19.1 Å². The SMILES string of the molecule is CC(Cc1ccc(O)cc1)NCC(O)c1ccc(O)c2[nH]c(=O)ccc12. The maximum absolute atomic E-state index is 11.5. The van der Waals surface area contributed by atoms with E-state index in [4.69, 9.17) is 0 Å². The van der Waals surface area contributed by atoms with Crippen LogP contribution in [0.25, 0.3) is 10.9 Å². The topological polar surface area (TPSA) is 106 Å². The number of aliphatic hydroxyl groups is 1. The molecule has 0 aliphatic carbocycles. The second-order valence-electron chi connectivity index (χ2n) is 6.48. The number of nitrogens with one attached hydrogen (secondary N) is 2. The molecule has 3 rings (SSSR count). The Morgan fingerprint density at radius 3 is 2.50 bits per heavy atom. The van der Waals surface area contributed by atoms with Gasteiger partial charge >= 0.3 is 0 Å². The number of aromatic amines is 1. The minimum atomic E-state index is -0.786. The molecule has 3 aromatic rings. The van der Waals surface area contributed by atoms with Gasteiger partial charge in [-0.25, -0.2) is 0 Å². The lowest BCUT2D eigenvalue weighted by molar-refractivity contribution is 0.172. The van der Waals surface area contributed by atoms with Gasteiger partial charge in [-0.05, 0) is 48.7 Å². The van der Waals surface area contributed by atoms with Crippen LogP contribution < -0.4 is 10.9 Å². The fourth-order valence-electron chi connectivity index (χ4n) is 3.03. The van der Waals surface area contributed by atoms with Crippen LogP contribution in [-0.4, -0.2) is 32.9 Å². The highest BCUT2D eigenvalue weighted by molar-refractivity contribution is 5.87. The number of aromatic hydroxyl groups is 2. The maximum atomic E-state index is 11.5. The van der Waals surface area contributed by atoms with E-state index in [1.54, 1.807) is 24.3 Å². The Morgan fingerprint density at radius 1 is 1.04 bits per heavy atom. The van der Waals surface area contributed by atoms with Crippen molar-refractivity contribution in [2.45, 2.75) is 25.5 Å². The molecular weight excluding hydrogens is 332 g/mol. The summed E-state index contributed by atoms with van der Waals surface area (Å²) in [6.45, 7) is 2.35. The quantitative estimate of drug-likeness (QED) is 0.467. The van der Waals surface area contributed by atoms with Crippen molar-refractivity contribution in [2.24, 2.45) is 0 Å². The highest BCUT2D eigenvalue weighted by Gasteiger charge is 2.15. The first kappa shape index (κ1) is 18.0. The first-order chi connectivity index (χ1) is 12.4. The lowest BCUT2D eigenvalue weighted by Crippen LogP contribution is -2.32. The number of phenolic OH excluding ortho intramolecular Hbond substituents is 2. The van der Waals surface area contributed by atoms with Crippen LogP contribution in [0.4, 0.5) is 0 Å². The zero-order valence-corrected chi connectivity index (χ0v) is 14.4. The number of benzene rings is 2. The average molecular weight is 354 g/mol. The van der Waals surface area contributed by atoms with E-state index in [0.29, 0.717) is 23.0 Å². The van der Waals surface area contributed by atoms with Crippen LogP contribution in [0.1, 0.15) is 24.2 Å². The first-order valence-corrected chi connectivity index (χ1v) is 8.48. The minimum Gasteiger partial charge on any atom is -0.508 e. The fourth-order valence-corrected chi connectivity index (χ4v) is 3.03. The molecule has 1 aromatic heterocycles. The van der Waals surface area contributed by atoms with Crippen molar-refractivity contribution in [1.29, 1.82) is 0 Å². The second-order valence-corrected chi connectivity index (χ2v) is 6.48. The van der Waals surface area contributed by atoms with Crippen LogP contribution in [0.2, 0.25) is 0 Å². The number of hydrogen-bond donors (Lipinski definition) is 5. The molecule has 0 saturated heterocycles. The number of aliphatic hydroxyl groups excluding tert-OH is 1. The molecule has 2 unspecified atom stereocenters. The zero-order valence-electron chi connectivity index (χ0n) is 14.4. The van der Waals surface area contributed by atoms with Crippen LogP contribution in [0.5, 0.6) is 11.5 Å². The van der Waals surface area contributed by atoms with Gasteiger partial charge in [0.1, 0.15) is 11.5 Å². The van der Waals surface area contributed by atoms with E-state index in [9.17, 15) is 20.1 Å². The van der Waals surface area contributed by atoms with Crippen molar-refractivity contribution in [3.05, 3.63) is 70.0 Å². The van der Waals surface area contributed by atoms with E-state index in [2.05, 4.69) is 10.3 Å². The summed E-state index contributed by atoms with van der Waals surface area (Å²) >= 11 is 0. The fraction of sp³-hybridized carbons (Fsp3) is 0.250. The molecule has 2 aromatic carbocycles. The van der Waals surface area contributed by atoms with Gasteiger partial charge in [-0.1, -0.05) is 18.2 Å². The van der Waals surface area contributed by atoms with E-state index >= 15 is 0 Å². The summed E-state index contributed by atoms with van der Waals surface area (Å²) in [4.78, 5) is 14.1. The number of rotatable bonds is 6. The van der Waals surface area contributed by atoms with Gasteiger partial charge in [0.2, 0.25) is 5.56 Å². The third-order valence-corrected chi connectivity index (χ3v) is 4.40. The van der Waals surface area contributed by atoms with Gasteiger partial charge in [0, 0.05) is 24.0 Å². The zero-order chi connectivity index (χ0) is 18.7. The van der Waals surface area contributed by atoms with Gasteiger partial charge in [0.05, 0.1) is 11.6 Å². The summed E-state index contributed by atoms with van der Waals surface area (Å²) in [5, 5.41) is 33.7. The predicted octanol–water partition coefficient (Wildman–Crippen LogP) is 2.19. The molecular formula is C20H22N2O4. The standard InChI is InChI=1S/C20H22N2O4/c1-12(10-13-2-4-14(23)5-3-13)21-11-18(25)15-6-8-17(24)20-16(15)7-9-19(26)22-20/h2-9,12,18,21,23-25H,10-11H2,1H3,(H,22,26). The Kier molecular flexibility index (Phi) is 5.25. The van der Waals surface area contributed by atoms with Crippen LogP contribution in [0.15, 0.2) is 53.3 Å². The van der Waals surface area contributed by atoms with Crippen molar-refractivity contribution in [3.8, 4) is 11.5 Å². The molecule has 0 aliphatic heterocycles. The van der Waals surface area contributed by atoms with Crippen molar-refractivity contribution in [3.63, 3.8) is 0 Å². The lowest BCUT2D eigenvalue weighted by atomic mass is 10.0. The highest BCUT2D eigenvalue weighted by atomic mass is 16.3. The lowest BCUT2D eigenvalue weighted by Gasteiger charge is -2.19. The Morgan fingerprint density at radius 2 is 1.77 bits per heavy atom. The summed E-state index contributed by atoms with van der Waals surface area (Å²) in [5.41, 5.74) is 1.75. The largest absolute Gasteiger partial charge is 0.508 e. The number of fused-ring (bicyclic) bond motifs is 1. The van der Waals surface area contributed by atoms with E-state index in [-0.39, 0.29) is 23.1 Å². The van der Waals surface area contributed by atoms with Crippen molar-refractivity contribution >= 4 is 10.9 Å². The number of hydrogen-bond acceptors (Lipinski definition) is 5. The number of H-pyrrole nitrogens is 1. The van der Waals surface area contributed by atoms with Gasteiger partial charge in [0.15, 0.2) is 0 Å². The molecule has 26 heavy (non-hydrogen) atoms. The third-order valence-electron chi connectivity index (χ3n) is 4.40. The Labute approximate surface area is 150 Å². The van der Waals surface area contributed by atoms with E-state index in [0.717, 1.165) is 12.0 Å². The smallest absolute Gasteiger partial charge is 0.248 e. The molecule has 0 bridgehead atoms. The van der Waals surface area contributed by atoms with Crippen LogP contribution in [-0.2, 0) is 6.42 Å². The van der Waals surface area contributed by atoms with Gasteiger partial charge in [-0.15, -0.1) is 0 Å². The monoisotopic (exact) mass is 354 g/mol. The Bertz CT molecular complexity index is 950. The molecule has 0 amide bonds. The molecule has 0 fully saturated rings. The van der Waals surface area contributed by atoms with Gasteiger partial charge < -0.3 is 25.6 Å². The summed E-state index contributed by atoms with van der Waals surface area (Å²) in [5.74, 6) is 0.212. The first-order valence-electron chi connectivity index (χ1n) is 8.48. The normalized spacial score (nSPS) is 13.6. The summed E-state index contributed by atoms with van der Waals surface area (Å²) < 4.78 is 0. The summed E-state index contributed by atoms with van der Waals surface area (Å²) in [6.07, 6.45) is -0.0253. The number of pyridine rings is 1. The molecule has 1 heterocycles.